The molecule has 3 nitrogen and oxygen atoms in total. The second kappa shape index (κ2) is 10.4. The Morgan fingerprint density at radius 1 is 0.605 bits per heavy atom. The maximum atomic E-state index is 8.79. The van der Waals surface area contributed by atoms with Gasteiger partial charge in [-0.05, 0) is 68.6 Å². The van der Waals surface area contributed by atoms with E-state index in [-0.39, 0.29) is 5.82 Å². The van der Waals surface area contributed by atoms with Gasteiger partial charge in [-0.15, -0.1) is 0 Å². The fourth-order valence-electron chi connectivity index (χ4n) is 6.30. The number of aromatic nitrogens is 3. The molecule has 0 N–H and O–H groups in total. The van der Waals surface area contributed by atoms with Crippen LogP contribution in [0.4, 0.5) is 0 Å². The van der Waals surface area contributed by atoms with E-state index in [1.165, 1.54) is 0 Å². The quantitative estimate of drug-likeness (QED) is 0.197. The van der Waals surface area contributed by atoms with Crippen molar-refractivity contribution in [3.8, 4) is 39.2 Å². The Hall–Kier alpha value is -5.54. The first-order valence-electron chi connectivity index (χ1n) is 16.8. The van der Waals surface area contributed by atoms with E-state index in [2.05, 4.69) is 58.5 Å². The molecular weight excluding hydrogens is 522 g/mol. The number of hydrogen-bond donors (Lipinski definition) is 0. The molecule has 3 heteroatoms. The van der Waals surface area contributed by atoms with Crippen LogP contribution in [0.1, 0.15) is 19.5 Å². The van der Waals surface area contributed by atoms with Gasteiger partial charge in [0.1, 0.15) is 5.82 Å². The molecule has 0 radical (unpaired) electrons. The third kappa shape index (κ3) is 4.12. The van der Waals surface area contributed by atoms with Crippen molar-refractivity contribution in [1.29, 1.82) is 0 Å². The highest BCUT2D eigenvalue weighted by atomic mass is 15.1. The largest absolute Gasteiger partial charge is 0.296 e. The summed E-state index contributed by atoms with van der Waals surface area (Å²) in [5, 5.41) is 4.19. The molecule has 0 aliphatic carbocycles. The molecule has 0 aliphatic heterocycles. The molecule has 204 valence electrons. The molecule has 0 unspecified atom stereocenters. The zero-order valence-electron chi connectivity index (χ0n) is 28.2. The summed E-state index contributed by atoms with van der Waals surface area (Å²) >= 11 is 0. The molecule has 8 aromatic rings. The highest BCUT2D eigenvalue weighted by Crippen LogP contribution is 2.45. The van der Waals surface area contributed by atoms with E-state index in [1.54, 1.807) is 16.8 Å². The molecule has 0 amide bonds. The van der Waals surface area contributed by atoms with Crippen molar-refractivity contribution in [1.82, 2.24) is 14.5 Å². The molecule has 0 saturated carbocycles. The summed E-state index contributed by atoms with van der Waals surface area (Å²) in [6.07, 6.45) is -0.915. The Kier molecular flexibility index (Phi) is 4.91. The number of pyridine rings is 1. The molecule has 0 atom stereocenters. The summed E-state index contributed by atoms with van der Waals surface area (Å²) in [5.74, 6) is -0.158. The van der Waals surface area contributed by atoms with E-state index >= 15 is 0 Å². The van der Waals surface area contributed by atoms with Crippen molar-refractivity contribution in [2.75, 3.05) is 0 Å². The van der Waals surface area contributed by atoms with Gasteiger partial charge in [0, 0.05) is 30.6 Å². The van der Waals surface area contributed by atoms with Crippen LogP contribution in [-0.4, -0.2) is 14.5 Å². The number of para-hydroxylation sites is 3. The Morgan fingerprint density at radius 2 is 1.21 bits per heavy atom. The van der Waals surface area contributed by atoms with Crippen molar-refractivity contribution in [3.05, 3.63) is 152 Å². The Morgan fingerprint density at radius 3 is 1.91 bits per heavy atom. The third-order valence-corrected chi connectivity index (χ3v) is 8.15. The van der Waals surface area contributed by atoms with Gasteiger partial charge < -0.3 is 0 Å². The van der Waals surface area contributed by atoms with Crippen LogP contribution in [0.2, 0.25) is 0 Å². The van der Waals surface area contributed by atoms with Gasteiger partial charge in [0.15, 0.2) is 0 Å². The van der Waals surface area contributed by atoms with Gasteiger partial charge in [-0.2, -0.15) is 0 Å². The van der Waals surface area contributed by atoms with Crippen LogP contribution in [-0.2, 0) is 6.37 Å². The summed E-state index contributed by atoms with van der Waals surface area (Å²) in [6, 6.07) is 46.2. The normalized spacial score (nSPS) is 13.8. The fourth-order valence-corrected chi connectivity index (χ4v) is 6.30. The van der Waals surface area contributed by atoms with Crippen LogP contribution in [0.25, 0.3) is 71.8 Å². The van der Waals surface area contributed by atoms with E-state index in [1.807, 2.05) is 84.9 Å². The Labute approximate surface area is 257 Å². The Balaban J connectivity index is 1.42. The lowest BCUT2D eigenvalue weighted by Crippen LogP contribution is -2.03. The molecule has 6 aromatic carbocycles. The minimum absolute atomic E-state index is 0.158. The second-order valence-electron chi connectivity index (χ2n) is 10.5. The fraction of sp³-hybridized carbons (Fsp3) is 0.0500. The lowest BCUT2D eigenvalue weighted by atomic mass is 9.85. The predicted molar refractivity (Wildman–Crippen MR) is 180 cm³/mol. The average molecular weight is 557 g/mol. The van der Waals surface area contributed by atoms with Crippen molar-refractivity contribution in [2.45, 2.75) is 13.2 Å². The standard InChI is InChI=1S/C40H29N3/c1-2-38-42-35-19-8-10-21-37(35)43(38)36-20-9-7-17-33(36)40-31-15-5-3-13-29(31)39(30-14-4-6-16-32(30)40)28-24-22-27(23-25-28)34-18-11-12-26-41-34/h3-26H,2H2,1H3/i1D3,2D2. The minimum atomic E-state index is -2.94. The highest BCUT2D eigenvalue weighted by molar-refractivity contribution is 6.22. The smallest absolute Gasteiger partial charge is 0.114 e. The minimum Gasteiger partial charge on any atom is -0.296 e. The van der Waals surface area contributed by atoms with Gasteiger partial charge >= 0.3 is 0 Å². The zero-order valence-corrected chi connectivity index (χ0v) is 23.2. The predicted octanol–water partition coefficient (Wildman–Crippen LogP) is 10.3. The van der Waals surface area contributed by atoms with Gasteiger partial charge in [-0.3, -0.25) is 9.55 Å². The molecule has 0 fully saturated rings. The van der Waals surface area contributed by atoms with Crippen LogP contribution >= 0.6 is 0 Å². The van der Waals surface area contributed by atoms with Crippen LogP contribution in [0.5, 0.6) is 0 Å². The van der Waals surface area contributed by atoms with E-state index < -0.39 is 13.2 Å². The number of rotatable bonds is 5. The van der Waals surface area contributed by atoms with Gasteiger partial charge in [0.2, 0.25) is 0 Å². The van der Waals surface area contributed by atoms with Gasteiger partial charge in [0.05, 0.1) is 22.4 Å². The number of nitrogens with zero attached hydrogens (tertiary/aromatic N) is 3. The van der Waals surface area contributed by atoms with E-state index in [0.717, 1.165) is 55.1 Å². The van der Waals surface area contributed by atoms with Crippen molar-refractivity contribution in [3.63, 3.8) is 0 Å². The maximum Gasteiger partial charge on any atom is 0.114 e. The maximum absolute atomic E-state index is 8.79. The summed E-state index contributed by atoms with van der Waals surface area (Å²) in [7, 11) is 0. The van der Waals surface area contributed by atoms with Crippen LogP contribution < -0.4 is 0 Å². The molecule has 43 heavy (non-hydrogen) atoms. The van der Waals surface area contributed by atoms with Crippen molar-refractivity contribution in [2.24, 2.45) is 0 Å². The molecule has 0 saturated heterocycles. The van der Waals surface area contributed by atoms with E-state index in [0.29, 0.717) is 16.7 Å². The first kappa shape index (κ1) is 20.4. The summed E-state index contributed by atoms with van der Waals surface area (Å²) < 4.78 is 43.6. The summed E-state index contributed by atoms with van der Waals surface area (Å²) in [5.41, 5.74) is 7.77. The molecule has 0 aliphatic rings. The van der Waals surface area contributed by atoms with Gasteiger partial charge in [-0.1, -0.05) is 116 Å². The SMILES string of the molecule is [2H]C([2H])([2H])C([2H])([2H])c1nc2ccccc2n1-c1ccccc1-c1c2ccccc2c(-c2ccc(-c3ccccn3)cc2)c2ccccc12. The average Bonchev–Trinajstić information content (AvgIpc) is 3.51. The summed E-state index contributed by atoms with van der Waals surface area (Å²) in [6.45, 7) is -2.94. The molecule has 0 bridgehead atoms. The van der Waals surface area contributed by atoms with E-state index in [9.17, 15) is 0 Å². The number of aryl methyl sites for hydroxylation is 1. The zero-order chi connectivity index (χ0) is 33.0. The highest BCUT2D eigenvalue weighted by Gasteiger charge is 2.20. The molecule has 8 rings (SSSR count). The number of hydrogen-bond acceptors (Lipinski definition) is 2. The third-order valence-electron chi connectivity index (χ3n) is 8.15. The Bertz CT molecular complexity index is 2410. The van der Waals surface area contributed by atoms with Crippen molar-refractivity contribution >= 4 is 32.6 Å². The molecule has 0 spiro atoms. The van der Waals surface area contributed by atoms with E-state index in [4.69, 9.17) is 6.85 Å². The summed E-state index contributed by atoms with van der Waals surface area (Å²) in [4.78, 5) is 9.11. The molecular formula is C40H29N3. The molecule has 2 aromatic heterocycles. The lowest BCUT2D eigenvalue weighted by molar-refractivity contribution is 0.909. The van der Waals surface area contributed by atoms with Crippen LogP contribution in [0.15, 0.2) is 146 Å². The van der Waals surface area contributed by atoms with Crippen molar-refractivity contribution < 1.29 is 6.85 Å². The second-order valence-corrected chi connectivity index (χ2v) is 10.5. The van der Waals surface area contributed by atoms with Gasteiger partial charge in [0.25, 0.3) is 0 Å². The van der Waals surface area contributed by atoms with Gasteiger partial charge in [-0.25, -0.2) is 4.98 Å². The number of benzene rings is 6. The monoisotopic (exact) mass is 556 g/mol. The number of fused-ring (bicyclic) bond motifs is 3. The number of imidazole rings is 1. The lowest BCUT2D eigenvalue weighted by Gasteiger charge is -2.20. The molecule has 2 heterocycles. The first-order chi connectivity index (χ1) is 23.2. The topological polar surface area (TPSA) is 30.7 Å². The first-order valence-corrected chi connectivity index (χ1v) is 14.3. The van der Waals surface area contributed by atoms with Crippen LogP contribution in [0, 0.1) is 0 Å². The van der Waals surface area contributed by atoms with Crippen LogP contribution in [0.3, 0.4) is 0 Å².